The van der Waals surface area contributed by atoms with Crippen molar-refractivity contribution in [3.63, 3.8) is 0 Å². The number of rotatable bonds is 5. The summed E-state index contributed by atoms with van der Waals surface area (Å²) in [6.45, 7) is 4.57. The second kappa shape index (κ2) is 5.66. The van der Waals surface area contributed by atoms with Gasteiger partial charge < -0.3 is 4.74 Å². The summed E-state index contributed by atoms with van der Waals surface area (Å²) in [6, 6.07) is 7.63. The molecular formula is C13H19NO2. The molecule has 0 amide bonds. The minimum absolute atomic E-state index is 0.120. The van der Waals surface area contributed by atoms with E-state index in [1.165, 1.54) is 0 Å². The molecule has 0 bridgehead atoms. The SMILES string of the molecule is COc1cccc(C(=O)CN(C)C(C)C)c1. The van der Waals surface area contributed by atoms with Gasteiger partial charge >= 0.3 is 0 Å². The molecule has 0 heterocycles. The topological polar surface area (TPSA) is 29.5 Å². The maximum atomic E-state index is 11.9. The summed E-state index contributed by atoms with van der Waals surface area (Å²) in [5.74, 6) is 0.841. The Hall–Kier alpha value is -1.35. The Morgan fingerprint density at radius 2 is 2.12 bits per heavy atom. The Morgan fingerprint density at radius 1 is 1.44 bits per heavy atom. The molecule has 0 aliphatic rings. The summed E-state index contributed by atoms with van der Waals surface area (Å²) >= 11 is 0. The zero-order valence-corrected chi connectivity index (χ0v) is 10.4. The summed E-state index contributed by atoms with van der Waals surface area (Å²) in [5.41, 5.74) is 0.701. The molecule has 1 aromatic rings. The van der Waals surface area contributed by atoms with Gasteiger partial charge in [-0.3, -0.25) is 9.69 Å². The number of benzene rings is 1. The molecule has 16 heavy (non-hydrogen) atoms. The van der Waals surface area contributed by atoms with Crippen LogP contribution in [0.2, 0.25) is 0 Å². The Morgan fingerprint density at radius 3 is 2.69 bits per heavy atom. The number of nitrogens with zero attached hydrogens (tertiary/aromatic N) is 1. The Kier molecular flexibility index (Phi) is 4.50. The van der Waals surface area contributed by atoms with E-state index in [4.69, 9.17) is 4.74 Å². The van der Waals surface area contributed by atoms with Crippen LogP contribution in [0.5, 0.6) is 5.75 Å². The van der Waals surface area contributed by atoms with Gasteiger partial charge in [-0.2, -0.15) is 0 Å². The summed E-state index contributed by atoms with van der Waals surface area (Å²) < 4.78 is 5.09. The van der Waals surface area contributed by atoms with E-state index >= 15 is 0 Å². The van der Waals surface area contributed by atoms with Crippen LogP contribution >= 0.6 is 0 Å². The fourth-order valence-corrected chi connectivity index (χ4v) is 1.30. The number of hydrogen-bond acceptors (Lipinski definition) is 3. The largest absolute Gasteiger partial charge is 0.497 e. The van der Waals surface area contributed by atoms with Gasteiger partial charge in [0.15, 0.2) is 5.78 Å². The van der Waals surface area contributed by atoms with Gasteiger partial charge in [-0.25, -0.2) is 0 Å². The first-order valence-electron chi connectivity index (χ1n) is 5.42. The average Bonchev–Trinajstić information content (AvgIpc) is 2.28. The van der Waals surface area contributed by atoms with Crippen LogP contribution in [-0.4, -0.2) is 37.4 Å². The molecule has 0 aromatic heterocycles. The lowest BCUT2D eigenvalue weighted by Crippen LogP contribution is -2.31. The molecule has 0 N–H and O–H groups in total. The molecule has 0 fully saturated rings. The van der Waals surface area contributed by atoms with Crippen LogP contribution in [0.1, 0.15) is 24.2 Å². The number of methoxy groups -OCH3 is 1. The first-order valence-corrected chi connectivity index (χ1v) is 5.42. The van der Waals surface area contributed by atoms with E-state index in [-0.39, 0.29) is 5.78 Å². The molecule has 0 aliphatic carbocycles. The van der Waals surface area contributed by atoms with Gasteiger partial charge in [0, 0.05) is 11.6 Å². The van der Waals surface area contributed by atoms with E-state index in [0.29, 0.717) is 18.2 Å². The van der Waals surface area contributed by atoms with Crippen molar-refractivity contribution in [3.05, 3.63) is 29.8 Å². The highest BCUT2D eigenvalue weighted by Gasteiger charge is 2.11. The van der Waals surface area contributed by atoms with E-state index in [1.807, 2.05) is 30.1 Å². The average molecular weight is 221 g/mol. The molecule has 1 aromatic carbocycles. The molecule has 1 rings (SSSR count). The molecule has 0 radical (unpaired) electrons. The van der Waals surface area contributed by atoms with Crippen molar-refractivity contribution in [2.24, 2.45) is 0 Å². The van der Waals surface area contributed by atoms with E-state index < -0.39 is 0 Å². The van der Waals surface area contributed by atoms with Gasteiger partial charge in [0.25, 0.3) is 0 Å². The van der Waals surface area contributed by atoms with Crippen LogP contribution in [0.3, 0.4) is 0 Å². The van der Waals surface area contributed by atoms with Gasteiger partial charge in [-0.05, 0) is 33.0 Å². The highest BCUT2D eigenvalue weighted by Crippen LogP contribution is 2.13. The lowest BCUT2D eigenvalue weighted by molar-refractivity contribution is 0.0929. The van der Waals surface area contributed by atoms with Crippen molar-refractivity contribution >= 4 is 5.78 Å². The van der Waals surface area contributed by atoms with E-state index in [1.54, 1.807) is 13.2 Å². The fraction of sp³-hybridized carbons (Fsp3) is 0.462. The predicted molar refractivity (Wildman–Crippen MR) is 65.1 cm³/mol. The minimum Gasteiger partial charge on any atom is -0.497 e. The monoisotopic (exact) mass is 221 g/mol. The third kappa shape index (κ3) is 3.35. The summed E-state index contributed by atoms with van der Waals surface area (Å²) in [6.07, 6.45) is 0. The molecule has 0 atom stereocenters. The second-order valence-corrected chi connectivity index (χ2v) is 4.16. The van der Waals surface area contributed by atoms with Crippen molar-refractivity contribution in [1.82, 2.24) is 4.90 Å². The van der Waals surface area contributed by atoms with Crippen LogP contribution < -0.4 is 4.74 Å². The number of carbonyl (C=O) groups excluding carboxylic acids is 1. The molecule has 0 spiro atoms. The first-order chi connectivity index (χ1) is 7.54. The number of ether oxygens (including phenoxy) is 1. The van der Waals surface area contributed by atoms with Gasteiger partial charge in [-0.15, -0.1) is 0 Å². The van der Waals surface area contributed by atoms with Crippen molar-refractivity contribution < 1.29 is 9.53 Å². The maximum absolute atomic E-state index is 11.9. The molecule has 0 saturated heterocycles. The normalized spacial score (nSPS) is 10.9. The first kappa shape index (κ1) is 12.7. The van der Waals surface area contributed by atoms with Gasteiger partial charge in [-0.1, -0.05) is 12.1 Å². The standard InChI is InChI=1S/C13H19NO2/c1-10(2)14(3)9-13(15)11-6-5-7-12(8-11)16-4/h5-8,10H,9H2,1-4H3. The number of likely N-dealkylation sites (N-methyl/N-ethyl adjacent to an activating group) is 1. The zero-order chi connectivity index (χ0) is 12.1. The van der Waals surface area contributed by atoms with E-state index in [0.717, 1.165) is 5.75 Å². The second-order valence-electron chi connectivity index (χ2n) is 4.16. The molecule has 0 aliphatic heterocycles. The molecule has 0 saturated carbocycles. The van der Waals surface area contributed by atoms with Crippen molar-refractivity contribution in [3.8, 4) is 5.75 Å². The summed E-state index contributed by atoms with van der Waals surface area (Å²) in [7, 11) is 3.55. The highest BCUT2D eigenvalue weighted by atomic mass is 16.5. The lowest BCUT2D eigenvalue weighted by atomic mass is 10.1. The number of hydrogen-bond donors (Lipinski definition) is 0. The Balaban J connectivity index is 2.72. The minimum atomic E-state index is 0.120. The van der Waals surface area contributed by atoms with Gasteiger partial charge in [0.2, 0.25) is 0 Å². The molecule has 0 unspecified atom stereocenters. The number of carbonyl (C=O) groups is 1. The zero-order valence-electron chi connectivity index (χ0n) is 10.4. The third-order valence-corrected chi connectivity index (χ3v) is 2.67. The van der Waals surface area contributed by atoms with Gasteiger partial charge in [0.1, 0.15) is 5.75 Å². The molecule has 3 nitrogen and oxygen atoms in total. The van der Waals surface area contributed by atoms with Crippen LogP contribution in [0.25, 0.3) is 0 Å². The predicted octanol–water partition coefficient (Wildman–Crippen LogP) is 2.22. The smallest absolute Gasteiger partial charge is 0.176 e. The van der Waals surface area contributed by atoms with Crippen molar-refractivity contribution in [1.29, 1.82) is 0 Å². The van der Waals surface area contributed by atoms with Crippen LogP contribution in [0.4, 0.5) is 0 Å². The van der Waals surface area contributed by atoms with Crippen LogP contribution in [0, 0.1) is 0 Å². The van der Waals surface area contributed by atoms with Crippen molar-refractivity contribution in [2.45, 2.75) is 19.9 Å². The van der Waals surface area contributed by atoms with Crippen molar-refractivity contribution in [2.75, 3.05) is 20.7 Å². The number of ketones is 1. The Bertz CT molecular complexity index is 361. The molecule has 88 valence electrons. The third-order valence-electron chi connectivity index (χ3n) is 2.67. The highest BCUT2D eigenvalue weighted by molar-refractivity contribution is 5.97. The quantitative estimate of drug-likeness (QED) is 0.714. The summed E-state index contributed by atoms with van der Waals surface area (Å²) in [5, 5.41) is 0. The molecular weight excluding hydrogens is 202 g/mol. The van der Waals surface area contributed by atoms with Crippen LogP contribution in [0.15, 0.2) is 24.3 Å². The fourth-order valence-electron chi connectivity index (χ4n) is 1.30. The Labute approximate surface area is 97.0 Å². The van der Waals surface area contributed by atoms with Gasteiger partial charge in [0.05, 0.1) is 13.7 Å². The maximum Gasteiger partial charge on any atom is 0.176 e. The summed E-state index contributed by atoms with van der Waals surface area (Å²) in [4.78, 5) is 13.9. The van der Waals surface area contributed by atoms with E-state index in [9.17, 15) is 4.79 Å². The van der Waals surface area contributed by atoms with E-state index in [2.05, 4.69) is 13.8 Å². The lowest BCUT2D eigenvalue weighted by Gasteiger charge is -2.19. The molecule has 3 heteroatoms. The van der Waals surface area contributed by atoms with Crippen LogP contribution in [-0.2, 0) is 0 Å². The number of Topliss-reactive ketones (excluding diaryl/α,β-unsaturated/α-hetero) is 1.